The molecule has 0 saturated carbocycles. The molecule has 2 heterocycles. The molecule has 26 heavy (non-hydrogen) atoms. The van der Waals surface area contributed by atoms with Gasteiger partial charge in [-0.3, -0.25) is 0 Å². The molecule has 2 aliphatic heterocycles. The van der Waals surface area contributed by atoms with Crippen molar-refractivity contribution in [3.05, 3.63) is 53.6 Å². The molecule has 0 amide bonds. The maximum absolute atomic E-state index is 6.25. The summed E-state index contributed by atoms with van der Waals surface area (Å²) in [7, 11) is 3.30. The van der Waals surface area contributed by atoms with Crippen molar-refractivity contribution in [2.75, 3.05) is 14.2 Å². The van der Waals surface area contributed by atoms with Crippen molar-refractivity contribution in [3.63, 3.8) is 0 Å². The third kappa shape index (κ3) is 2.68. The lowest BCUT2D eigenvalue weighted by atomic mass is 9.95. The topological polar surface area (TPSA) is 43.3 Å². The maximum Gasteiger partial charge on any atom is 0.190 e. The van der Waals surface area contributed by atoms with E-state index in [0.717, 1.165) is 34.9 Å². The van der Waals surface area contributed by atoms with Gasteiger partial charge in [0.1, 0.15) is 5.75 Å². The van der Waals surface area contributed by atoms with E-state index in [1.807, 2.05) is 24.3 Å². The molecule has 2 aromatic carbocycles. The third-order valence-corrected chi connectivity index (χ3v) is 5.02. The fourth-order valence-electron chi connectivity index (χ4n) is 3.69. The van der Waals surface area contributed by atoms with Gasteiger partial charge in [0.05, 0.1) is 26.0 Å². The summed E-state index contributed by atoms with van der Waals surface area (Å²) in [5.41, 5.74) is 3.29. The highest BCUT2D eigenvalue weighted by Crippen LogP contribution is 2.44. The van der Waals surface area contributed by atoms with Gasteiger partial charge in [-0.05, 0) is 24.3 Å². The van der Waals surface area contributed by atoms with Crippen molar-refractivity contribution < 1.29 is 14.2 Å². The first kappa shape index (κ1) is 16.8. The Balaban J connectivity index is 1.72. The summed E-state index contributed by atoms with van der Waals surface area (Å²) in [5, 5.41) is 7.07. The van der Waals surface area contributed by atoms with E-state index in [0.29, 0.717) is 5.92 Å². The summed E-state index contributed by atoms with van der Waals surface area (Å²) < 4.78 is 17.0. The largest absolute Gasteiger partial charge is 0.493 e. The first-order valence-corrected chi connectivity index (χ1v) is 8.96. The summed E-state index contributed by atoms with van der Waals surface area (Å²) in [6.07, 6.45) is 0.784. The minimum absolute atomic E-state index is 0.0625. The van der Waals surface area contributed by atoms with Gasteiger partial charge in [-0.1, -0.05) is 32.0 Å². The van der Waals surface area contributed by atoms with Crippen LogP contribution >= 0.6 is 0 Å². The van der Waals surface area contributed by atoms with Crippen LogP contribution in [-0.4, -0.2) is 31.2 Å². The number of rotatable bonds is 4. The second-order valence-electron chi connectivity index (χ2n) is 7.01. The molecule has 5 heteroatoms. The molecular weight excluding hydrogens is 328 g/mol. The minimum atomic E-state index is -0.0625. The summed E-state index contributed by atoms with van der Waals surface area (Å²) in [5.74, 6) is 2.74. The average Bonchev–Trinajstić information content (AvgIpc) is 3.12. The van der Waals surface area contributed by atoms with Crippen molar-refractivity contribution in [2.24, 2.45) is 11.0 Å². The smallest absolute Gasteiger partial charge is 0.190 e. The molecule has 0 spiro atoms. The number of fused-ring (bicyclic) bond motifs is 3. The fourth-order valence-corrected chi connectivity index (χ4v) is 3.69. The molecule has 136 valence electrons. The number of ether oxygens (including phenoxy) is 3. The van der Waals surface area contributed by atoms with Crippen molar-refractivity contribution in [3.8, 4) is 17.2 Å². The van der Waals surface area contributed by atoms with Crippen LogP contribution in [0.2, 0.25) is 0 Å². The van der Waals surface area contributed by atoms with Crippen LogP contribution in [0.4, 0.5) is 0 Å². The number of methoxy groups -OCH3 is 2. The van der Waals surface area contributed by atoms with E-state index in [2.05, 4.69) is 37.1 Å². The van der Waals surface area contributed by atoms with Crippen molar-refractivity contribution in [2.45, 2.75) is 32.5 Å². The summed E-state index contributed by atoms with van der Waals surface area (Å²) in [4.78, 5) is 0. The van der Waals surface area contributed by atoms with Gasteiger partial charge < -0.3 is 14.2 Å². The Morgan fingerprint density at radius 3 is 2.58 bits per heavy atom. The lowest BCUT2D eigenvalue weighted by Crippen LogP contribution is -2.43. The number of para-hydroxylation sites is 1. The highest BCUT2D eigenvalue weighted by Gasteiger charge is 2.41. The highest BCUT2D eigenvalue weighted by molar-refractivity contribution is 6.02. The molecule has 0 N–H and O–H groups in total. The van der Waals surface area contributed by atoms with E-state index in [-0.39, 0.29) is 12.3 Å². The zero-order chi connectivity index (χ0) is 18.3. The monoisotopic (exact) mass is 352 g/mol. The van der Waals surface area contributed by atoms with Crippen LogP contribution in [0, 0.1) is 5.92 Å². The number of hydrogen-bond donors (Lipinski definition) is 0. The SMILES string of the molecule is COc1ccc(C2=NN3C(C2)c2ccccc2OC3C(C)C)cc1OC. The molecule has 0 bridgehead atoms. The molecule has 0 radical (unpaired) electrons. The van der Waals surface area contributed by atoms with Crippen LogP contribution in [0.5, 0.6) is 17.2 Å². The summed E-state index contributed by atoms with van der Waals surface area (Å²) >= 11 is 0. The van der Waals surface area contributed by atoms with Crippen LogP contribution in [-0.2, 0) is 0 Å². The van der Waals surface area contributed by atoms with Gasteiger partial charge in [-0.25, -0.2) is 5.01 Å². The molecular formula is C21H24N2O3. The Bertz CT molecular complexity index is 847. The van der Waals surface area contributed by atoms with E-state index < -0.39 is 0 Å². The van der Waals surface area contributed by atoms with E-state index in [1.54, 1.807) is 14.2 Å². The minimum Gasteiger partial charge on any atom is -0.493 e. The molecule has 0 fully saturated rings. The van der Waals surface area contributed by atoms with Gasteiger partial charge in [0, 0.05) is 23.5 Å². The molecule has 0 saturated heterocycles. The average molecular weight is 352 g/mol. The Labute approximate surface area is 154 Å². The van der Waals surface area contributed by atoms with Gasteiger partial charge >= 0.3 is 0 Å². The lowest BCUT2D eigenvalue weighted by molar-refractivity contribution is -0.0461. The zero-order valence-electron chi connectivity index (χ0n) is 15.6. The molecule has 2 aromatic rings. The van der Waals surface area contributed by atoms with Crippen LogP contribution in [0.1, 0.15) is 37.4 Å². The van der Waals surface area contributed by atoms with E-state index in [9.17, 15) is 0 Å². The Kier molecular flexibility index (Phi) is 4.23. The second kappa shape index (κ2) is 6.56. The molecule has 2 aliphatic rings. The fraction of sp³-hybridized carbons (Fsp3) is 0.381. The normalized spacial score (nSPS) is 21.0. The standard InChI is InChI=1S/C21H24N2O3/c1-13(2)21-23-17(15-7-5-6-8-18(15)26-21)12-16(22-23)14-9-10-19(24-3)20(11-14)25-4/h5-11,13,17,21H,12H2,1-4H3. The predicted octanol–water partition coefficient (Wildman–Crippen LogP) is 4.23. The number of hydrazone groups is 1. The summed E-state index contributed by atoms with van der Waals surface area (Å²) in [6, 6.07) is 14.4. The number of nitrogens with zero attached hydrogens (tertiary/aromatic N) is 2. The van der Waals surface area contributed by atoms with Crippen molar-refractivity contribution in [1.29, 1.82) is 0 Å². The van der Waals surface area contributed by atoms with E-state index >= 15 is 0 Å². The highest BCUT2D eigenvalue weighted by atomic mass is 16.5. The van der Waals surface area contributed by atoms with Gasteiger partial charge in [-0.15, -0.1) is 0 Å². The predicted molar refractivity (Wildman–Crippen MR) is 101 cm³/mol. The van der Waals surface area contributed by atoms with Crippen molar-refractivity contribution >= 4 is 5.71 Å². The molecule has 5 nitrogen and oxygen atoms in total. The summed E-state index contributed by atoms with van der Waals surface area (Å²) in [6.45, 7) is 4.33. The first-order chi connectivity index (χ1) is 12.6. The van der Waals surface area contributed by atoms with Crippen LogP contribution < -0.4 is 14.2 Å². The van der Waals surface area contributed by atoms with Crippen LogP contribution in [0.3, 0.4) is 0 Å². The van der Waals surface area contributed by atoms with E-state index in [1.165, 1.54) is 5.56 Å². The van der Waals surface area contributed by atoms with E-state index in [4.69, 9.17) is 19.3 Å². The maximum atomic E-state index is 6.25. The Morgan fingerprint density at radius 1 is 1.08 bits per heavy atom. The molecule has 2 unspecified atom stereocenters. The van der Waals surface area contributed by atoms with Crippen LogP contribution in [0.25, 0.3) is 0 Å². The van der Waals surface area contributed by atoms with Gasteiger partial charge in [-0.2, -0.15) is 5.10 Å². The molecule has 2 atom stereocenters. The second-order valence-corrected chi connectivity index (χ2v) is 7.01. The number of hydrogen-bond acceptors (Lipinski definition) is 5. The van der Waals surface area contributed by atoms with Gasteiger partial charge in [0.15, 0.2) is 17.7 Å². The molecule has 0 aliphatic carbocycles. The molecule has 0 aromatic heterocycles. The quantitative estimate of drug-likeness (QED) is 0.826. The Hall–Kier alpha value is -2.69. The zero-order valence-corrected chi connectivity index (χ0v) is 15.6. The lowest BCUT2D eigenvalue weighted by Gasteiger charge is -2.39. The number of benzene rings is 2. The first-order valence-electron chi connectivity index (χ1n) is 8.96. The van der Waals surface area contributed by atoms with Crippen LogP contribution in [0.15, 0.2) is 47.6 Å². The molecule has 4 rings (SSSR count). The third-order valence-electron chi connectivity index (χ3n) is 5.02. The van der Waals surface area contributed by atoms with Crippen molar-refractivity contribution in [1.82, 2.24) is 5.01 Å². The Morgan fingerprint density at radius 2 is 1.85 bits per heavy atom. The van der Waals surface area contributed by atoms with Gasteiger partial charge in [0.2, 0.25) is 0 Å². The van der Waals surface area contributed by atoms with Gasteiger partial charge in [0.25, 0.3) is 0 Å².